The van der Waals surface area contributed by atoms with Crippen molar-refractivity contribution in [3.8, 4) is 0 Å². The third-order valence-corrected chi connectivity index (χ3v) is 0.618. The Kier molecular flexibility index (Phi) is 2.61. The van der Waals surface area contributed by atoms with Gasteiger partial charge in [0.2, 0.25) is 5.24 Å². The Labute approximate surface area is 39.9 Å². The molecule has 0 unspecified atom stereocenters. The molecule has 0 N–H and O–H groups in total. The first-order valence-electron chi connectivity index (χ1n) is 1.01. The molecule has 0 spiro atoms. The molecule has 0 saturated carbocycles. The maximum absolute atomic E-state index is 9.45. The molecule has 30 valence electrons. The summed E-state index contributed by atoms with van der Waals surface area (Å²) in [6.45, 7) is 0. The standard InChI is InChI=1S/C2H2Cl2O/c3-1-2(4)5/h1H2/i1+1,2+1. The number of alkyl halides is 1. The summed E-state index contributed by atoms with van der Waals surface area (Å²) in [5.41, 5.74) is 0. The zero-order valence-electron chi connectivity index (χ0n) is 2.37. The van der Waals surface area contributed by atoms with Crippen LogP contribution >= 0.6 is 23.2 Å². The van der Waals surface area contributed by atoms with E-state index in [0.717, 1.165) is 0 Å². The van der Waals surface area contributed by atoms with Gasteiger partial charge in [-0.1, -0.05) is 0 Å². The van der Waals surface area contributed by atoms with Crippen LogP contribution in [0.5, 0.6) is 0 Å². The molecule has 0 atom stereocenters. The van der Waals surface area contributed by atoms with Gasteiger partial charge in [0.15, 0.2) is 0 Å². The second-order valence-electron chi connectivity index (χ2n) is 0.489. The van der Waals surface area contributed by atoms with Crippen LogP contribution in [0.25, 0.3) is 0 Å². The maximum atomic E-state index is 9.45. The van der Waals surface area contributed by atoms with E-state index < -0.39 is 5.24 Å². The van der Waals surface area contributed by atoms with Crippen LogP contribution in [0, 0.1) is 0 Å². The quantitative estimate of drug-likeness (QED) is 0.283. The molecule has 0 heterocycles. The first-order valence-corrected chi connectivity index (χ1v) is 1.93. The third kappa shape index (κ3) is 4.25. The SMILES string of the molecule is O=[13C](Cl)[13CH2]Cl. The second kappa shape index (κ2) is 2.49. The van der Waals surface area contributed by atoms with Gasteiger partial charge in [0, 0.05) is 0 Å². The largest absolute Gasteiger partial charge is 0.280 e. The summed E-state index contributed by atoms with van der Waals surface area (Å²) in [7, 11) is 0. The Balaban J connectivity index is 2.85. The lowest BCUT2D eigenvalue weighted by Gasteiger charge is -1.65. The van der Waals surface area contributed by atoms with Crippen LogP contribution in [0.3, 0.4) is 0 Å². The van der Waals surface area contributed by atoms with Gasteiger partial charge in [0.1, 0.15) is 0 Å². The highest BCUT2D eigenvalue weighted by Crippen LogP contribution is 1.80. The topological polar surface area (TPSA) is 17.1 Å². The van der Waals surface area contributed by atoms with Crippen LogP contribution in [0.15, 0.2) is 0 Å². The zero-order chi connectivity index (χ0) is 4.28. The number of carbonyl (C=O) groups excluding carboxylic acids is 1. The number of hydrogen-bond donors (Lipinski definition) is 0. The molecule has 0 aliphatic heterocycles. The van der Waals surface area contributed by atoms with Crippen molar-refractivity contribution in [3.63, 3.8) is 0 Å². The summed E-state index contributed by atoms with van der Waals surface area (Å²) < 4.78 is 0. The molecule has 0 aromatic rings. The van der Waals surface area contributed by atoms with E-state index in [1.807, 2.05) is 0 Å². The van der Waals surface area contributed by atoms with Crippen LogP contribution < -0.4 is 0 Å². The normalized spacial score (nSPS) is 7.60. The summed E-state index contributed by atoms with van der Waals surface area (Å²) in [5.74, 6) is -0.0957. The second-order valence-corrected chi connectivity index (χ2v) is 1.18. The minimum Gasteiger partial charge on any atom is -0.280 e. The smallest absolute Gasteiger partial charge is 0.236 e. The maximum Gasteiger partial charge on any atom is 0.236 e. The van der Waals surface area contributed by atoms with Crippen molar-refractivity contribution in [2.45, 2.75) is 0 Å². The predicted molar refractivity (Wildman–Crippen MR) is 21.6 cm³/mol. The summed E-state index contributed by atoms with van der Waals surface area (Å²) in [6.07, 6.45) is 0. The average Bonchev–Trinajstić information content (AvgIpc) is 1.38. The summed E-state index contributed by atoms with van der Waals surface area (Å²) in [6, 6.07) is 0. The monoisotopic (exact) mass is 114 g/mol. The fourth-order valence-corrected chi connectivity index (χ4v) is 0. The van der Waals surface area contributed by atoms with Gasteiger partial charge in [-0.05, 0) is 11.6 Å². The van der Waals surface area contributed by atoms with E-state index in [9.17, 15) is 4.79 Å². The van der Waals surface area contributed by atoms with Crippen molar-refractivity contribution < 1.29 is 4.79 Å². The Morgan fingerprint density at radius 2 is 2.00 bits per heavy atom. The molecule has 0 bridgehead atoms. The average molecular weight is 115 g/mol. The summed E-state index contributed by atoms with van der Waals surface area (Å²) >= 11 is 9.55. The van der Waals surface area contributed by atoms with E-state index in [0.29, 0.717) is 0 Å². The van der Waals surface area contributed by atoms with Crippen molar-refractivity contribution >= 4 is 28.4 Å². The lowest BCUT2D eigenvalue weighted by molar-refractivity contribution is -0.109. The highest BCUT2D eigenvalue weighted by molar-refractivity contribution is 6.67. The molecule has 0 radical (unpaired) electrons. The molecule has 0 aliphatic carbocycles. The molecule has 0 aromatic heterocycles. The fourth-order valence-electron chi connectivity index (χ4n) is 0. The first kappa shape index (κ1) is 5.25. The van der Waals surface area contributed by atoms with Crippen LogP contribution in [0.2, 0.25) is 0 Å². The van der Waals surface area contributed by atoms with Gasteiger partial charge in [-0.15, -0.1) is 11.6 Å². The summed E-state index contributed by atoms with van der Waals surface area (Å²) in [4.78, 5) is 9.45. The molecule has 0 aromatic carbocycles. The van der Waals surface area contributed by atoms with E-state index in [-0.39, 0.29) is 5.88 Å². The molecule has 3 heteroatoms. The van der Waals surface area contributed by atoms with Gasteiger partial charge in [-0.2, -0.15) is 0 Å². The minimum atomic E-state index is -0.508. The van der Waals surface area contributed by atoms with Gasteiger partial charge in [0.25, 0.3) is 0 Å². The molecule has 5 heavy (non-hydrogen) atoms. The molecule has 0 aliphatic rings. The van der Waals surface area contributed by atoms with E-state index in [1.54, 1.807) is 0 Å². The third-order valence-electron chi connectivity index (χ3n) is 0.105. The summed E-state index contributed by atoms with van der Waals surface area (Å²) in [5, 5.41) is -0.508. The lowest BCUT2D eigenvalue weighted by Crippen LogP contribution is -1.81. The molecule has 0 amide bonds. The Morgan fingerprint density at radius 1 is 1.80 bits per heavy atom. The number of rotatable bonds is 1. The first-order chi connectivity index (χ1) is 2.27. The predicted octanol–water partition coefficient (Wildman–Crippen LogP) is 0.991. The molecule has 0 fully saturated rings. The van der Waals surface area contributed by atoms with Crippen molar-refractivity contribution in [2.24, 2.45) is 0 Å². The molecule has 0 saturated heterocycles. The van der Waals surface area contributed by atoms with Gasteiger partial charge in [-0.25, -0.2) is 0 Å². The van der Waals surface area contributed by atoms with Gasteiger partial charge in [0.05, 0.1) is 5.88 Å². The van der Waals surface area contributed by atoms with Crippen LogP contribution in [-0.4, -0.2) is 11.1 Å². The van der Waals surface area contributed by atoms with Crippen molar-refractivity contribution in [2.75, 3.05) is 5.88 Å². The highest BCUT2D eigenvalue weighted by atomic mass is 35.5. The van der Waals surface area contributed by atoms with Crippen molar-refractivity contribution in [3.05, 3.63) is 0 Å². The van der Waals surface area contributed by atoms with Gasteiger partial charge in [-0.3, -0.25) is 4.79 Å². The number of carbonyl (C=O) groups is 1. The highest BCUT2D eigenvalue weighted by Gasteiger charge is 1.83. The van der Waals surface area contributed by atoms with E-state index in [1.165, 1.54) is 0 Å². The van der Waals surface area contributed by atoms with Crippen molar-refractivity contribution in [1.82, 2.24) is 0 Å². The Morgan fingerprint density at radius 3 is 2.00 bits per heavy atom. The number of halogens is 2. The Bertz CT molecular complexity index is 42.9. The van der Waals surface area contributed by atoms with Crippen molar-refractivity contribution in [1.29, 1.82) is 0 Å². The lowest BCUT2D eigenvalue weighted by atomic mass is 11.9. The van der Waals surface area contributed by atoms with Gasteiger partial charge < -0.3 is 0 Å². The number of hydrogen-bond acceptors (Lipinski definition) is 1. The zero-order valence-corrected chi connectivity index (χ0v) is 3.88. The van der Waals surface area contributed by atoms with Crippen LogP contribution in [-0.2, 0) is 4.79 Å². The Hall–Kier alpha value is 0.250. The van der Waals surface area contributed by atoms with Crippen LogP contribution in [0.1, 0.15) is 0 Å². The van der Waals surface area contributed by atoms with E-state index >= 15 is 0 Å². The van der Waals surface area contributed by atoms with Gasteiger partial charge >= 0.3 is 0 Å². The molecule has 0 rings (SSSR count). The van der Waals surface area contributed by atoms with E-state index in [2.05, 4.69) is 0 Å². The van der Waals surface area contributed by atoms with E-state index in [4.69, 9.17) is 23.2 Å². The molecular weight excluding hydrogens is 113 g/mol. The molecular formula is C2H2Cl2O. The minimum absolute atomic E-state index is 0.0957. The van der Waals surface area contributed by atoms with Crippen LogP contribution in [0.4, 0.5) is 0 Å². The fraction of sp³-hybridized carbons (Fsp3) is 0.500. The molecule has 1 nitrogen and oxygen atoms in total.